The van der Waals surface area contributed by atoms with Crippen molar-refractivity contribution in [3.63, 3.8) is 0 Å². The summed E-state index contributed by atoms with van der Waals surface area (Å²) in [5, 5.41) is 3.40. The van der Waals surface area contributed by atoms with Gasteiger partial charge in [0.15, 0.2) is 0 Å². The van der Waals surface area contributed by atoms with Crippen molar-refractivity contribution in [1.29, 1.82) is 0 Å². The fourth-order valence-corrected chi connectivity index (χ4v) is 2.57. The molecule has 108 valence electrons. The summed E-state index contributed by atoms with van der Waals surface area (Å²) in [6.07, 6.45) is 0.141. The molecule has 0 amide bonds. The number of rotatable bonds is 5. The van der Waals surface area contributed by atoms with Crippen LogP contribution in [-0.2, 0) is 4.74 Å². The number of benzene rings is 1. The Morgan fingerprint density at radius 1 is 1.00 bits per heavy atom. The first kappa shape index (κ1) is 16.2. The first-order valence-corrected chi connectivity index (χ1v) is 7.11. The smallest absolute Gasteiger partial charge is 0.0813 e. The summed E-state index contributed by atoms with van der Waals surface area (Å²) in [5.41, 5.74) is 2.76. The van der Waals surface area contributed by atoms with Crippen LogP contribution in [-0.4, -0.2) is 20.3 Å². The minimum atomic E-state index is 0.0964. The second-order valence-corrected chi connectivity index (χ2v) is 6.61. The Morgan fingerprint density at radius 2 is 1.47 bits per heavy atom. The molecule has 0 aliphatic carbocycles. The lowest BCUT2D eigenvalue weighted by Crippen LogP contribution is -2.40. The minimum Gasteiger partial charge on any atom is -0.379 e. The standard InChI is InChI=1S/C17H29NO/c1-12(2)13-8-10-14(11-9-13)15(18-6)16(19-7)17(3,4)5/h8-12,15-16,18H,1-7H3. The molecule has 2 nitrogen and oxygen atoms in total. The van der Waals surface area contributed by atoms with E-state index in [0.29, 0.717) is 5.92 Å². The van der Waals surface area contributed by atoms with Gasteiger partial charge in [-0.1, -0.05) is 58.9 Å². The van der Waals surface area contributed by atoms with Gasteiger partial charge < -0.3 is 10.1 Å². The molecule has 0 aliphatic heterocycles. The molecule has 0 bridgehead atoms. The molecule has 0 radical (unpaired) electrons. The molecule has 19 heavy (non-hydrogen) atoms. The summed E-state index contributed by atoms with van der Waals surface area (Å²) < 4.78 is 5.74. The van der Waals surface area contributed by atoms with Gasteiger partial charge >= 0.3 is 0 Å². The van der Waals surface area contributed by atoms with Crippen LogP contribution >= 0.6 is 0 Å². The predicted molar refractivity (Wildman–Crippen MR) is 82.6 cm³/mol. The summed E-state index contributed by atoms with van der Waals surface area (Å²) in [6, 6.07) is 9.09. The lowest BCUT2D eigenvalue weighted by molar-refractivity contribution is -0.0101. The van der Waals surface area contributed by atoms with E-state index in [2.05, 4.69) is 64.2 Å². The number of hydrogen-bond acceptors (Lipinski definition) is 2. The van der Waals surface area contributed by atoms with Gasteiger partial charge in [-0.25, -0.2) is 0 Å². The van der Waals surface area contributed by atoms with Gasteiger partial charge in [-0.3, -0.25) is 0 Å². The van der Waals surface area contributed by atoms with Crippen molar-refractivity contribution in [1.82, 2.24) is 5.32 Å². The number of nitrogens with one attached hydrogen (secondary N) is 1. The highest BCUT2D eigenvalue weighted by Gasteiger charge is 2.32. The maximum absolute atomic E-state index is 5.74. The highest BCUT2D eigenvalue weighted by atomic mass is 16.5. The molecule has 1 N–H and O–H groups in total. The Morgan fingerprint density at radius 3 is 1.79 bits per heavy atom. The molecule has 0 aliphatic rings. The van der Waals surface area contributed by atoms with Crippen molar-refractivity contribution < 1.29 is 4.74 Å². The predicted octanol–water partition coefficient (Wildman–Crippen LogP) is 4.13. The van der Waals surface area contributed by atoms with Crippen LogP contribution < -0.4 is 5.32 Å². The molecule has 2 atom stereocenters. The van der Waals surface area contributed by atoms with Crippen LogP contribution in [0.15, 0.2) is 24.3 Å². The van der Waals surface area contributed by atoms with Crippen molar-refractivity contribution in [3.8, 4) is 0 Å². The maximum atomic E-state index is 5.74. The fraction of sp³-hybridized carbons (Fsp3) is 0.647. The van der Waals surface area contributed by atoms with Crippen LogP contribution in [0.4, 0.5) is 0 Å². The molecule has 2 unspecified atom stereocenters. The highest BCUT2D eigenvalue weighted by molar-refractivity contribution is 5.28. The van der Waals surface area contributed by atoms with Crippen LogP contribution in [0.3, 0.4) is 0 Å². The minimum absolute atomic E-state index is 0.0964. The van der Waals surface area contributed by atoms with Gasteiger partial charge in [-0.15, -0.1) is 0 Å². The number of ether oxygens (including phenoxy) is 1. The summed E-state index contributed by atoms with van der Waals surface area (Å²) in [4.78, 5) is 0. The van der Waals surface area contributed by atoms with Crippen LogP contribution in [0.5, 0.6) is 0 Å². The Bertz CT molecular complexity index is 375. The molecule has 0 saturated heterocycles. The van der Waals surface area contributed by atoms with Gasteiger partial charge in [0, 0.05) is 7.11 Å². The van der Waals surface area contributed by atoms with Crippen LogP contribution in [0.25, 0.3) is 0 Å². The van der Waals surface area contributed by atoms with Crippen molar-refractivity contribution >= 4 is 0 Å². The molecule has 1 aromatic carbocycles. The van der Waals surface area contributed by atoms with Crippen molar-refractivity contribution in [2.75, 3.05) is 14.2 Å². The quantitative estimate of drug-likeness (QED) is 0.862. The van der Waals surface area contributed by atoms with E-state index >= 15 is 0 Å². The van der Waals surface area contributed by atoms with Gasteiger partial charge in [0.25, 0.3) is 0 Å². The van der Waals surface area contributed by atoms with Crippen molar-refractivity contribution in [2.45, 2.75) is 52.7 Å². The topological polar surface area (TPSA) is 21.3 Å². The average molecular weight is 263 g/mol. The second-order valence-electron chi connectivity index (χ2n) is 6.61. The van der Waals surface area contributed by atoms with E-state index in [0.717, 1.165) is 0 Å². The first-order chi connectivity index (χ1) is 8.81. The molecular weight excluding hydrogens is 234 g/mol. The van der Waals surface area contributed by atoms with Crippen molar-refractivity contribution in [2.24, 2.45) is 5.41 Å². The molecular formula is C17H29NO. The third-order valence-corrected chi connectivity index (χ3v) is 3.68. The van der Waals surface area contributed by atoms with Gasteiger partial charge in [0.05, 0.1) is 12.1 Å². The van der Waals surface area contributed by atoms with E-state index in [-0.39, 0.29) is 17.6 Å². The number of hydrogen-bond donors (Lipinski definition) is 1. The zero-order chi connectivity index (χ0) is 14.6. The third kappa shape index (κ3) is 4.05. The van der Waals surface area contributed by atoms with Crippen LogP contribution in [0.2, 0.25) is 0 Å². The second kappa shape index (κ2) is 6.53. The number of methoxy groups -OCH3 is 1. The van der Waals surface area contributed by atoms with E-state index in [4.69, 9.17) is 4.74 Å². The van der Waals surface area contributed by atoms with E-state index in [1.165, 1.54) is 11.1 Å². The Hall–Kier alpha value is -0.860. The van der Waals surface area contributed by atoms with Gasteiger partial charge in [0.1, 0.15) is 0 Å². The van der Waals surface area contributed by atoms with E-state index in [1.54, 1.807) is 7.11 Å². The SMILES string of the molecule is CNC(c1ccc(C(C)C)cc1)C(OC)C(C)(C)C. The highest BCUT2D eigenvalue weighted by Crippen LogP contribution is 2.32. The van der Waals surface area contributed by atoms with E-state index in [9.17, 15) is 0 Å². The van der Waals surface area contributed by atoms with E-state index in [1.807, 2.05) is 7.05 Å². The first-order valence-electron chi connectivity index (χ1n) is 7.11. The molecule has 0 aromatic heterocycles. The van der Waals surface area contributed by atoms with Crippen molar-refractivity contribution in [3.05, 3.63) is 35.4 Å². The lowest BCUT2D eigenvalue weighted by Gasteiger charge is -2.36. The summed E-state index contributed by atoms with van der Waals surface area (Å²) >= 11 is 0. The molecule has 2 heteroatoms. The molecule has 0 saturated carbocycles. The maximum Gasteiger partial charge on any atom is 0.0813 e. The Kier molecular flexibility index (Phi) is 5.57. The Balaban J connectivity index is 3.02. The normalized spacial score (nSPS) is 15.6. The van der Waals surface area contributed by atoms with Crippen LogP contribution in [0, 0.1) is 5.41 Å². The molecule has 0 heterocycles. The van der Waals surface area contributed by atoms with Gasteiger partial charge in [0.2, 0.25) is 0 Å². The fourth-order valence-electron chi connectivity index (χ4n) is 2.57. The molecule has 1 aromatic rings. The van der Waals surface area contributed by atoms with E-state index < -0.39 is 0 Å². The van der Waals surface area contributed by atoms with Gasteiger partial charge in [-0.2, -0.15) is 0 Å². The van der Waals surface area contributed by atoms with Crippen LogP contribution in [0.1, 0.15) is 57.7 Å². The molecule has 0 spiro atoms. The summed E-state index contributed by atoms with van der Waals surface area (Å²) in [5.74, 6) is 0.572. The zero-order valence-electron chi connectivity index (χ0n) is 13.4. The largest absolute Gasteiger partial charge is 0.379 e. The Labute approximate surface area is 118 Å². The summed E-state index contributed by atoms with van der Waals surface area (Å²) in [7, 11) is 3.79. The van der Waals surface area contributed by atoms with Gasteiger partial charge in [-0.05, 0) is 29.5 Å². The lowest BCUT2D eigenvalue weighted by atomic mass is 9.81. The zero-order valence-corrected chi connectivity index (χ0v) is 13.4. The monoisotopic (exact) mass is 263 g/mol. The molecule has 1 rings (SSSR count). The third-order valence-electron chi connectivity index (χ3n) is 3.68. The average Bonchev–Trinajstić information content (AvgIpc) is 2.34. The summed E-state index contributed by atoms with van der Waals surface area (Å²) in [6.45, 7) is 11.1. The molecule has 0 fully saturated rings. The number of likely N-dealkylation sites (N-methyl/N-ethyl adjacent to an activating group) is 1.